The van der Waals surface area contributed by atoms with Gasteiger partial charge in [0.25, 0.3) is 0 Å². The molecule has 9 heteroatoms. The lowest BCUT2D eigenvalue weighted by Crippen LogP contribution is -2.41. The van der Waals surface area contributed by atoms with Crippen molar-refractivity contribution in [2.75, 3.05) is 23.7 Å². The molecule has 0 fully saturated rings. The normalized spacial score (nSPS) is 11.2. The zero-order chi connectivity index (χ0) is 24.9. The van der Waals surface area contributed by atoms with Crippen molar-refractivity contribution in [3.8, 4) is 5.69 Å². The van der Waals surface area contributed by atoms with Crippen molar-refractivity contribution in [3.63, 3.8) is 0 Å². The average molecular weight is 502 g/mol. The average Bonchev–Trinajstić information content (AvgIpc) is 3.20. The molecular formula is C25H29Cl2N5O2. The van der Waals surface area contributed by atoms with Gasteiger partial charge in [0.15, 0.2) is 0 Å². The minimum atomic E-state index is -0.423. The second-order valence-corrected chi connectivity index (χ2v) is 9.78. The van der Waals surface area contributed by atoms with E-state index in [0.717, 1.165) is 11.4 Å². The number of carbonyl (C=O) groups excluding carboxylic acids is 2. The first-order valence-corrected chi connectivity index (χ1v) is 11.8. The summed E-state index contributed by atoms with van der Waals surface area (Å²) in [6.45, 7) is 8.39. The lowest BCUT2D eigenvalue weighted by Gasteiger charge is -2.22. The summed E-state index contributed by atoms with van der Waals surface area (Å²) in [6, 6.07) is 15.8. The first kappa shape index (κ1) is 25.6. The van der Waals surface area contributed by atoms with Crippen LogP contribution in [0.4, 0.5) is 16.3 Å². The molecule has 0 aliphatic rings. The van der Waals surface area contributed by atoms with Crippen LogP contribution >= 0.6 is 23.2 Å². The Morgan fingerprint density at radius 1 is 1.03 bits per heavy atom. The number of halogens is 2. The Morgan fingerprint density at radius 2 is 1.74 bits per heavy atom. The van der Waals surface area contributed by atoms with E-state index in [-0.39, 0.29) is 17.9 Å². The number of rotatable bonds is 7. The molecule has 180 valence electrons. The second kappa shape index (κ2) is 10.9. The van der Waals surface area contributed by atoms with Gasteiger partial charge in [-0.05, 0) is 36.8 Å². The highest BCUT2D eigenvalue weighted by molar-refractivity contribution is 6.36. The quantitative estimate of drug-likeness (QED) is 0.395. The Morgan fingerprint density at radius 3 is 2.35 bits per heavy atom. The number of hydrogen-bond donors (Lipinski definition) is 2. The van der Waals surface area contributed by atoms with Gasteiger partial charge in [-0.3, -0.25) is 4.79 Å². The van der Waals surface area contributed by atoms with Crippen LogP contribution in [0.25, 0.3) is 5.69 Å². The highest BCUT2D eigenvalue weighted by Crippen LogP contribution is 2.27. The minimum Gasteiger partial charge on any atom is -0.315 e. The lowest BCUT2D eigenvalue weighted by atomic mass is 9.92. The first-order valence-electron chi connectivity index (χ1n) is 11.0. The molecule has 7 nitrogen and oxygen atoms in total. The largest absolute Gasteiger partial charge is 0.322 e. The summed E-state index contributed by atoms with van der Waals surface area (Å²) in [5.41, 5.74) is 1.89. The highest BCUT2D eigenvalue weighted by atomic mass is 35.5. The Kier molecular flexibility index (Phi) is 8.23. The Balaban J connectivity index is 1.78. The van der Waals surface area contributed by atoms with Gasteiger partial charge in [0.2, 0.25) is 5.91 Å². The molecule has 0 radical (unpaired) electrons. The Hall–Kier alpha value is -3.03. The zero-order valence-corrected chi connectivity index (χ0v) is 21.2. The third-order valence-corrected chi connectivity index (χ3v) is 5.58. The molecular weight excluding hydrogens is 473 g/mol. The van der Waals surface area contributed by atoms with Crippen molar-refractivity contribution >= 4 is 46.6 Å². The van der Waals surface area contributed by atoms with Crippen LogP contribution in [0.5, 0.6) is 0 Å². The Bertz CT molecular complexity index is 1160. The molecule has 0 unspecified atom stereocenters. The Labute approximate surface area is 210 Å². The molecule has 0 spiro atoms. The third kappa shape index (κ3) is 6.52. The number of benzene rings is 2. The molecule has 3 amide bonds. The zero-order valence-electron chi connectivity index (χ0n) is 19.7. The molecule has 1 heterocycles. The summed E-state index contributed by atoms with van der Waals surface area (Å²) >= 11 is 12.1. The monoisotopic (exact) mass is 501 g/mol. The van der Waals surface area contributed by atoms with E-state index in [4.69, 9.17) is 28.3 Å². The van der Waals surface area contributed by atoms with Crippen LogP contribution in [0.3, 0.4) is 0 Å². The van der Waals surface area contributed by atoms with Crippen LogP contribution in [0, 0.1) is 0 Å². The molecule has 1 aromatic heterocycles. The van der Waals surface area contributed by atoms with Gasteiger partial charge in [0.1, 0.15) is 12.4 Å². The minimum absolute atomic E-state index is 0.129. The molecule has 0 aliphatic heterocycles. The topological polar surface area (TPSA) is 79.3 Å². The predicted molar refractivity (Wildman–Crippen MR) is 138 cm³/mol. The van der Waals surface area contributed by atoms with Crippen LogP contribution in [0.15, 0.2) is 54.6 Å². The van der Waals surface area contributed by atoms with Crippen molar-refractivity contribution in [3.05, 3.63) is 70.3 Å². The van der Waals surface area contributed by atoms with E-state index in [2.05, 4.69) is 31.4 Å². The molecule has 0 bridgehead atoms. The number of nitrogens with one attached hydrogen (secondary N) is 2. The molecule has 3 rings (SSSR count). The van der Waals surface area contributed by atoms with Crippen LogP contribution in [-0.4, -0.2) is 39.7 Å². The fourth-order valence-electron chi connectivity index (χ4n) is 3.27. The number of anilines is 2. The molecule has 3 aromatic rings. The van der Waals surface area contributed by atoms with Gasteiger partial charge in [0, 0.05) is 23.0 Å². The molecule has 0 saturated heterocycles. The van der Waals surface area contributed by atoms with Gasteiger partial charge < -0.3 is 15.5 Å². The van der Waals surface area contributed by atoms with Crippen LogP contribution in [0.2, 0.25) is 10.0 Å². The lowest BCUT2D eigenvalue weighted by molar-refractivity contribution is -0.116. The highest BCUT2D eigenvalue weighted by Gasteiger charge is 2.23. The maximum absolute atomic E-state index is 13.0. The summed E-state index contributed by atoms with van der Waals surface area (Å²) < 4.78 is 1.70. The summed E-state index contributed by atoms with van der Waals surface area (Å²) in [5.74, 6) is 0.210. The summed E-state index contributed by atoms with van der Waals surface area (Å²) in [5, 5.41) is 11.2. The fraction of sp³-hybridized carbons (Fsp3) is 0.320. The van der Waals surface area contributed by atoms with Gasteiger partial charge in [-0.15, -0.1) is 0 Å². The predicted octanol–water partition coefficient (Wildman–Crippen LogP) is 6.36. The van der Waals surface area contributed by atoms with Gasteiger partial charge >= 0.3 is 6.03 Å². The first-order chi connectivity index (χ1) is 16.1. The van der Waals surface area contributed by atoms with Gasteiger partial charge in [-0.2, -0.15) is 5.10 Å². The smallest absolute Gasteiger partial charge is 0.315 e. The number of para-hydroxylation sites is 1. The SMILES string of the molecule is CCCN(CC(=O)Nc1cc(C(C)(C)C)nn1-c1ccccc1)C(=O)Nc1ccc(Cl)cc1Cl. The number of nitrogens with zero attached hydrogens (tertiary/aromatic N) is 3. The molecule has 2 aromatic carbocycles. The maximum atomic E-state index is 13.0. The standard InChI is InChI=1S/C25H29Cl2N5O2/c1-5-13-31(24(34)28-20-12-11-17(26)14-19(20)27)16-23(33)29-22-15-21(25(2,3)4)30-32(22)18-9-7-6-8-10-18/h6-12,14-15H,5,13,16H2,1-4H3,(H,28,34)(H,29,33). The molecule has 0 saturated carbocycles. The number of hydrogen-bond acceptors (Lipinski definition) is 3. The van der Waals surface area contributed by atoms with E-state index in [1.165, 1.54) is 4.90 Å². The molecule has 34 heavy (non-hydrogen) atoms. The molecule has 0 atom stereocenters. The number of carbonyl (C=O) groups is 2. The van der Waals surface area contributed by atoms with Crippen LogP contribution < -0.4 is 10.6 Å². The fourth-order valence-corrected chi connectivity index (χ4v) is 3.72. The molecule has 0 aliphatic carbocycles. The van der Waals surface area contributed by atoms with Crippen LogP contribution in [0.1, 0.15) is 39.8 Å². The maximum Gasteiger partial charge on any atom is 0.322 e. The van der Waals surface area contributed by atoms with Crippen molar-refractivity contribution in [1.29, 1.82) is 0 Å². The van der Waals surface area contributed by atoms with Gasteiger partial charge in [-0.1, -0.05) is 69.1 Å². The summed E-state index contributed by atoms with van der Waals surface area (Å²) in [7, 11) is 0. The summed E-state index contributed by atoms with van der Waals surface area (Å²) in [6.07, 6.45) is 0.686. The van der Waals surface area contributed by atoms with E-state index >= 15 is 0 Å². The van der Waals surface area contributed by atoms with E-state index in [9.17, 15) is 9.59 Å². The van der Waals surface area contributed by atoms with Crippen LogP contribution in [-0.2, 0) is 10.2 Å². The number of aromatic nitrogens is 2. The third-order valence-electron chi connectivity index (χ3n) is 5.03. The van der Waals surface area contributed by atoms with Crippen molar-refractivity contribution in [2.45, 2.75) is 39.5 Å². The van der Waals surface area contributed by atoms with Crippen molar-refractivity contribution < 1.29 is 9.59 Å². The van der Waals surface area contributed by atoms with Crippen molar-refractivity contribution in [2.24, 2.45) is 0 Å². The van der Waals surface area contributed by atoms with E-state index in [1.807, 2.05) is 43.3 Å². The van der Waals surface area contributed by atoms with E-state index < -0.39 is 6.03 Å². The van der Waals surface area contributed by atoms with Crippen molar-refractivity contribution in [1.82, 2.24) is 14.7 Å². The number of urea groups is 1. The number of amides is 3. The van der Waals surface area contributed by atoms with Gasteiger partial charge in [-0.25, -0.2) is 9.48 Å². The van der Waals surface area contributed by atoms with Gasteiger partial charge in [0.05, 0.1) is 22.1 Å². The summed E-state index contributed by atoms with van der Waals surface area (Å²) in [4.78, 5) is 27.3. The van der Waals surface area contributed by atoms with E-state index in [1.54, 1.807) is 22.9 Å². The second-order valence-electron chi connectivity index (χ2n) is 8.94. The van der Waals surface area contributed by atoms with E-state index in [0.29, 0.717) is 34.5 Å². The molecule has 2 N–H and O–H groups in total.